The number of hydrogen-bond acceptors (Lipinski definition) is 4. The monoisotopic (exact) mass is 180 g/mol. The predicted octanol–water partition coefficient (Wildman–Crippen LogP) is -0.884. The summed E-state index contributed by atoms with van der Waals surface area (Å²) in [4.78, 5) is 25.0. The van der Waals surface area contributed by atoms with Crippen molar-refractivity contribution in [2.45, 2.75) is 0 Å². The maximum absolute atomic E-state index is 11.0. The number of nitrogens with one attached hydrogen (secondary N) is 1. The molecule has 7 heteroatoms. The van der Waals surface area contributed by atoms with Gasteiger partial charge in [0, 0.05) is 6.20 Å². The quantitative estimate of drug-likeness (QED) is 0.593. The molecule has 66 valence electrons. The number of carboxylic acids is 1. The molecule has 2 heterocycles. The van der Waals surface area contributed by atoms with Crippen LogP contribution in [0.5, 0.6) is 0 Å². The fourth-order valence-electron chi connectivity index (χ4n) is 0.926. The Morgan fingerprint density at radius 3 is 3.08 bits per heavy atom. The van der Waals surface area contributed by atoms with Crippen molar-refractivity contribution in [3.8, 4) is 0 Å². The summed E-state index contributed by atoms with van der Waals surface area (Å²) in [7, 11) is 0. The molecule has 2 N–H and O–H groups in total. The smallest absolute Gasteiger partial charge is 0.356 e. The summed E-state index contributed by atoms with van der Waals surface area (Å²) in [5, 5.41) is 14.3. The highest BCUT2D eigenvalue weighted by atomic mass is 16.4. The molecule has 0 fully saturated rings. The van der Waals surface area contributed by atoms with Crippen molar-refractivity contribution in [2.24, 2.45) is 0 Å². The van der Waals surface area contributed by atoms with Crippen molar-refractivity contribution < 1.29 is 9.90 Å². The largest absolute Gasteiger partial charge is 0.476 e. The maximum atomic E-state index is 11.0. The van der Waals surface area contributed by atoms with Gasteiger partial charge in [-0.3, -0.25) is 0 Å². The molecule has 0 aliphatic rings. The first-order valence-corrected chi connectivity index (χ1v) is 3.34. The number of aromatic amines is 1. The van der Waals surface area contributed by atoms with E-state index in [1.165, 1.54) is 6.20 Å². The van der Waals surface area contributed by atoms with Gasteiger partial charge in [-0.2, -0.15) is 5.10 Å². The van der Waals surface area contributed by atoms with Gasteiger partial charge in [0.2, 0.25) is 0 Å². The molecule has 0 amide bonds. The maximum Gasteiger partial charge on any atom is 0.356 e. The minimum Gasteiger partial charge on any atom is -0.476 e. The third kappa shape index (κ3) is 1.06. The summed E-state index contributed by atoms with van der Waals surface area (Å²) in [5.41, 5.74) is -0.397. The summed E-state index contributed by atoms with van der Waals surface area (Å²) in [6, 6.07) is 0. The van der Waals surface area contributed by atoms with Gasteiger partial charge < -0.3 is 5.11 Å². The zero-order valence-corrected chi connectivity index (χ0v) is 6.26. The number of nitrogens with zero attached hydrogens (tertiary/aromatic N) is 3. The highest BCUT2D eigenvalue weighted by molar-refractivity contribution is 5.85. The van der Waals surface area contributed by atoms with E-state index in [1.54, 1.807) is 0 Å². The lowest BCUT2D eigenvalue weighted by molar-refractivity contribution is 0.0690. The lowest BCUT2D eigenvalue weighted by Crippen LogP contribution is -2.11. The third-order valence-corrected chi connectivity index (χ3v) is 1.52. The molecule has 2 aromatic heterocycles. The molecule has 2 aromatic rings. The van der Waals surface area contributed by atoms with Crippen LogP contribution in [0, 0.1) is 0 Å². The second kappa shape index (κ2) is 2.41. The summed E-state index contributed by atoms with van der Waals surface area (Å²) in [5.74, 6) is -1.19. The highest BCUT2D eigenvalue weighted by Gasteiger charge is 2.07. The van der Waals surface area contributed by atoms with E-state index >= 15 is 0 Å². The molecule has 0 saturated heterocycles. The lowest BCUT2D eigenvalue weighted by Gasteiger charge is -1.92. The molecule has 0 aliphatic heterocycles. The molecule has 0 saturated carbocycles. The van der Waals surface area contributed by atoms with Crippen molar-refractivity contribution in [3.05, 3.63) is 28.6 Å². The van der Waals surface area contributed by atoms with Crippen molar-refractivity contribution in [1.82, 2.24) is 19.6 Å². The van der Waals surface area contributed by atoms with Gasteiger partial charge in [0.1, 0.15) is 0 Å². The zero-order valence-electron chi connectivity index (χ0n) is 6.26. The molecule has 0 aliphatic carbocycles. The van der Waals surface area contributed by atoms with Crippen molar-refractivity contribution in [1.29, 1.82) is 0 Å². The number of aromatic nitrogens is 4. The van der Waals surface area contributed by atoms with E-state index in [9.17, 15) is 9.59 Å². The first-order valence-electron chi connectivity index (χ1n) is 3.34. The van der Waals surface area contributed by atoms with E-state index in [1.807, 2.05) is 0 Å². The Labute approximate surface area is 70.7 Å². The summed E-state index contributed by atoms with van der Waals surface area (Å²) < 4.78 is 1.08. The van der Waals surface area contributed by atoms with Crippen molar-refractivity contribution in [2.75, 3.05) is 0 Å². The van der Waals surface area contributed by atoms with E-state index in [2.05, 4.69) is 15.2 Å². The Kier molecular flexibility index (Phi) is 1.38. The number of H-pyrrole nitrogens is 1. The van der Waals surface area contributed by atoms with Crippen LogP contribution in [0.4, 0.5) is 0 Å². The average Bonchev–Trinajstić information content (AvgIpc) is 2.47. The number of aromatic carboxylic acids is 1. The molecular weight excluding hydrogens is 176 g/mol. The van der Waals surface area contributed by atoms with Gasteiger partial charge >= 0.3 is 11.7 Å². The van der Waals surface area contributed by atoms with Gasteiger partial charge in [0.05, 0.1) is 6.20 Å². The SMILES string of the molecule is O=C(O)c1cn2c(=O)[nH]nc2cn1. The molecule has 0 spiro atoms. The molecule has 0 bridgehead atoms. The van der Waals surface area contributed by atoms with Crippen LogP contribution in [0.15, 0.2) is 17.2 Å². The molecule has 7 nitrogen and oxygen atoms in total. The van der Waals surface area contributed by atoms with Crippen LogP contribution in [-0.2, 0) is 0 Å². The number of carbonyl (C=O) groups is 1. The minimum atomic E-state index is -1.19. The molecule has 0 radical (unpaired) electrons. The van der Waals surface area contributed by atoms with Gasteiger partial charge in [-0.25, -0.2) is 24.1 Å². The van der Waals surface area contributed by atoms with E-state index < -0.39 is 11.7 Å². The van der Waals surface area contributed by atoms with Gasteiger partial charge in [0.25, 0.3) is 0 Å². The average molecular weight is 180 g/mol. The van der Waals surface area contributed by atoms with Gasteiger partial charge in [-0.15, -0.1) is 0 Å². The Morgan fingerprint density at radius 1 is 1.62 bits per heavy atom. The molecule has 0 atom stereocenters. The summed E-state index contributed by atoms with van der Waals surface area (Å²) in [6.45, 7) is 0. The Morgan fingerprint density at radius 2 is 2.38 bits per heavy atom. The molecule has 0 aromatic carbocycles. The first kappa shape index (κ1) is 7.47. The predicted molar refractivity (Wildman–Crippen MR) is 40.6 cm³/mol. The van der Waals surface area contributed by atoms with Crippen LogP contribution < -0.4 is 5.69 Å². The van der Waals surface area contributed by atoms with Crippen LogP contribution >= 0.6 is 0 Å². The number of carboxylic acid groups (broad SMARTS) is 1. The fourth-order valence-corrected chi connectivity index (χ4v) is 0.926. The zero-order chi connectivity index (χ0) is 9.42. The lowest BCUT2D eigenvalue weighted by atomic mass is 10.4. The summed E-state index contributed by atoms with van der Waals surface area (Å²) in [6.07, 6.45) is 2.32. The Bertz CT molecular complexity index is 526. The normalized spacial score (nSPS) is 10.5. The van der Waals surface area contributed by atoms with Crippen LogP contribution in [0.25, 0.3) is 5.65 Å². The first-order chi connectivity index (χ1) is 6.18. The van der Waals surface area contributed by atoms with Crippen LogP contribution in [0.1, 0.15) is 10.5 Å². The number of fused-ring (bicyclic) bond motifs is 1. The van der Waals surface area contributed by atoms with Gasteiger partial charge in [0.15, 0.2) is 11.3 Å². The second-order valence-electron chi connectivity index (χ2n) is 2.33. The summed E-state index contributed by atoms with van der Waals surface area (Å²) >= 11 is 0. The number of hydrogen-bond donors (Lipinski definition) is 2. The van der Waals surface area contributed by atoms with Crippen molar-refractivity contribution >= 4 is 11.6 Å². The van der Waals surface area contributed by atoms with E-state index in [-0.39, 0.29) is 11.3 Å². The van der Waals surface area contributed by atoms with Gasteiger partial charge in [-0.05, 0) is 0 Å². The molecule has 2 rings (SSSR count). The van der Waals surface area contributed by atoms with Crippen molar-refractivity contribution in [3.63, 3.8) is 0 Å². The van der Waals surface area contributed by atoms with Crippen LogP contribution in [0.2, 0.25) is 0 Å². The van der Waals surface area contributed by atoms with E-state index in [0.29, 0.717) is 0 Å². The molecule has 13 heavy (non-hydrogen) atoms. The van der Waals surface area contributed by atoms with E-state index in [4.69, 9.17) is 5.11 Å². The topological polar surface area (TPSA) is 100 Å². The molecular formula is C6H4N4O3. The standard InChI is InChI=1S/C6H4N4O3/c11-5(12)3-2-10-4(1-7-3)8-9-6(10)13/h1-2H,(H,9,13)(H,11,12). The van der Waals surface area contributed by atoms with Crippen LogP contribution in [0.3, 0.4) is 0 Å². The second-order valence-corrected chi connectivity index (χ2v) is 2.33. The Hall–Kier alpha value is -2.18. The van der Waals surface area contributed by atoms with E-state index in [0.717, 1.165) is 10.6 Å². The van der Waals surface area contributed by atoms with Gasteiger partial charge in [-0.1, -0.05) is 0 Å². The van der Waals surface area contributed by atoms with Crippen LogP contribution in [-0.4, -0.2) is 30.7 Å². The Balaban J connectivity index is 2.80. The highest BCUT2D eigenvalue weighted by Crippen LogP contribution is 1.95. The number of rotatable bonds is 1. The fraction of sp³-hybridized carbons (Fsp3) is 0. The third-order valence-electron chi connectivity index (χ3n) is 1.52. The molecule has 0 unspecified atom stereocenters. The minimum absolute atomic E-state index is 0.198.